The van der Waals surface area contributed by atoms with E-state index in [9.17, 15) is 4.39 Å². The first kappa shape index (κ1) is 14.6. The average molecular weight is 438 g/mol. The Hall–Kier alpha value is -0.800. The fraction of sp³-hybridized carbons (Fsp3) is 0.167. The van der Waals surface area contributed by atoms with E-state index in [-0.39, 0.29) is 5.82 Å². The smallest absolute Gasteiger partial charge is 0.161 e. The zero-order chi connectivity index (χ0) is 14.0. The molecule has 0 fully saturated rings. The number of hydrogen-bond acceptors (Lipinski definition) is 4. The lowest BCUT2D eigenvalue weighted by atomic mass is 10.2. The molecule has 0 bridgehead atoms. The van der Waals surface area contributed by atoms with Crippen LogP contribution >= 0.6 is 38.5 Å². The van der Waals surface area contributed by atoms with Gasteiger partial charge >= 0.3 is 0 Å². The average Bonchev–Trinajstić information content (AvgIpc) is 2.38. The molecule has 1 aromatic heterocycles. The number of nitrogens with two attached hydrogens (primary N) is 1. The molecule has 0 radical (unpaired) electrons. The molecule has 2 N–H and O–H groups in total. The van der Waals surface area contributed by atoms with Crippen LogP contribution in [0.15, 0.2) is 22.7 Å². The number of methoxy groups -OCH3 is 1. The number of aromatic nitrogens is 2. The molecule has 0 aliphatic rings. The number of benzene rings is 1. The van der Waals surface area contributed by atoms with Crippen LogP contribution in [0, 0.1) is 9.39 Å². The van der Waals surface area contributed by atoms with Gasteiger partial charge in [-0.25, -0.2) is 14.4 Å². The Kier molecular flexibility index (Phi) is 4.69. The molecule has 2 rings (SSSR count). The lowest BCUT2D eigenvalue weighted by Gasteiger charge is -2.09. The van der Waals surface area contributed by atoms with Gasteiger partial charge in [0.25, 0.3) is 0 Å². The van der Waals surface area contributed by atoms with Crippen LogP contribution in [0.5, 0.6) is 0 Å². The number of nitrogen functional groups attached to an aromatic ring is 1. The second-order valence-corrected chi connectivity index (χ2v) is 5.69. The van der Waals surface area contributed by atoms with E-state index in [0.717, 1.165) is 3.57 Å². The van der Waals surface area contributed by atoms with Gasteiger partial charge in [0.15, 0.2) is 5.82 Å². The largest absolute Gasteiger partial charge is 0.383 e. The van der Waals surface area contributed by atoms with Crippen molar-refractivity contribution in [2.24, 2.45) is 0 Å². The van der Waals surface area contributed by atoms with Gasteiger partial charge in [0.05, 0.1) is 20.3 Å². The van der Waals surface area contributed by atoms with Crippen molar-refractivity contribution in [2.45, 2.75) is 6.61 Å². The van der Waals surface area contributed by atoms with Gasteiger partial charge < -0.3 is 10.5 Å². The number of nitrogens with zero attached hydrogens (tertiary/aromatic N) is 2. The van der Waals surface area contributed by atoms with Gasteiger partial charge in [0, 0.05) is 12.7 Å². The molecule has 0 unspecified atom stereocenters. The Morgan fingerprint density at radius 1 is 1.42 bits per heavy atom. The molecule has 1 heterocycles. The molecule has 0 spiro atoms. The molecule has 0 aliphatic heterocycles. The van der Waals surface area contributed by atoms with Crippen molar-refractivity contribution in [3.63, 3.8) is 0 Å². The van der Waals surface area contributed by atoms with Crippen molar-refractivity contribution in [2.75, 3.05) is 12.8 Å². The van der Waals surface area contributed by atoms with Crippen molar-refractivity contribution in [3.8, 4) is 11.4 Å². The van der Waals surface area contributed by atoms with Crippen LogP contribution in [-0.2, 0) is 11.3 Å². The first-order valence-corrected chi connectivity index (χ1v) is 7.16. The summed E-state index contributed by atoms with van der Waals surface area (Å²) in [7, 11) is 1.59. The number of hydrogen-bond donors (Lipinski definition) is 1. The van der Waals surface area contributed by atoms with Crippen molar-refractivity contribution < 1.29 is 9.13 Å². The molecule has 0 saturated carbocycles. The zero-order valence-electron chi connectivity index (χ0n) is 9.95. The summed E-state index contributed by atoms with van der Waals surface area (Å²) < 4.78 is 19.4. The van der Waals surface area contributed by atoms with Crippen LogP contribution in [0.25, 0.3) is 11.4 Å². The predicted molar refractivity (Wildman–Crippen MR) is 83.0 cm³/mol. The quantitative estimate of drug-likeness (QED) is 0.748. The third-order valence-corrected chi connectivity index (χ3v) is 4.19. The van der Waals surface area contributed by atoms with E-state index in [1.165, 1.54) is 6.07 Å². The Bertz CT molecular complexity index is 624. The molecule has 0 aliphatic carbocycles. The molecular weight excluding hydrogens is 428 g/mol. The number of rotatable bonds is 3. The zero-order valence-corrected chi connectivity index (χ0v) is 13.7. The van der Waals surface area contributed by atoms with E-state index in [1.54, 1.807) is 19.2 Å². The summed E-state index contributed by atoms with van der Waals surface area (Å²) in [5.74, 6) is 0.503. The maximum atomic E-state index is 13.2. The summed E-state index contributed by atoms with van der Waals surface area (Å²) in [6.45, 7) is 0.348. The molecule has 4 nitrogen and oxygen atoms in total. The number of halogens is 3. The minimum atomic E-state index is -0.334. The fourth-order valence-electron chi connectivity index (χ4n) is 1.51. The summed E-state index contributed by atoms with van der Waals surface area (Å²) in [5, 5.41) is 0. The summed E-state index contributed by atoms with van der Waals surface area (Å²) in [4.78, 5) is 8.61. The predicted octanol–water partition coefficient (Wildman–Crippen LogP) is 3.38. The van der Waals surface area contributed by atoms with Crippen LogP contribution in [-0.4, -0.2) is 17.1 Å². The third kappa shape index (κ3) is 3.21. The second-order valence-electron chi connectivity index (χ2n) is 3.76. The van der Waals surface area contributed by atoms with E-state index >= 15 is 0 Å². The molecule has 0 amide bonds. The highest BCUT2D eigenvalue weighted by Gasteiger charge is 2.12. The minimum absolute atomic E-state index is 0.334. The van der Waals surface area contributed by atoms with Gasteiger partial charge in [-0.15, -0.1) is 0 Å². The van der Waals surface area contributed by atoms with Gasteiger partial charge in [0.2, 0.25) is 0 Å². The third-order valence-electron chi connectivity index (χ3n) is 2.40. The Balaban J connectivity index is 2.52. The summed E-state index contributed by atoms with van der Waals surface area (Å²) in [6.07, 6.45) is 0. The van der Waals surface area contributed by atoms with Gasteiger partial charge in [-0.2, -0.15) is 0 Å². The topological polar surface area (TPSA) is 61.0 Å². The van der Waals surface area contributed by atoms with Crippen molar-refractivity contribution >= 4 is 44.3 Å². The Morgan fingerprint density at radius 2 is 2.16 bits per heavy atom. The van der Waals surface area contributed by atoms with E-state index in [1.807, 2.05) is 0 Å². The SMILES string of the molecule is COCc1nc(-c2ccc(F)c(Br)c2)nc(N)c1I. The molecule has 0 saturated heterocycles. The molecule has 1 aromatic carbocycles. The minimum Gasteiger partial charge on any atom is -0.383 e. The van der Waals surface area contributed by atoms with Crippen molar-refractivity contribution in [3.05, 3.63) is 37.8 Å². The maximum absolute atomic E-state index is 13.2. The fourth-order valence-corrected chi connectivity index (χ4v) is 2.29. The van der Waals surface area contributed by atoms with Crippen LogP contribution < -0.4 is 5.73 Å². The van der Waals surface area contributed by atoms with Crippen molar-refractivity contribution in [1.29, 1.82) is 0 Å². The van der Waals surface area contributed by atoms with Crippen LogP contribution in [0.3, 0.4) is 0 Å². The maximum Gasteiger partial charge on any atom is 0.161 e. The summed E-state index contributed by atoms with van der Waals surface area (Å²) in [5.41, 5.74) is 7.26. The van der Waals surface area contributed by atoms with Crippen molar-refractivity contribution in [1.82, 2.24) is 9.97 Å². The lowest BCUT2D eigenvalue weighted by molar-refractivity contribution is 0.181. The van der Waals surface area contributed by atoms with Gasteiger partial charge in [-0.05, 0) is 56.7 Å². The van der Waals surface area contributed by atoms with Crippen LogP contribution in [0.2, 0.25) is 0 Å². The van der Waals surface area contributed by atoms with Gasteiger partial charge in [0.1, 0.15) is 11.6 Å². The molecular formula is C12H10BrFIN3O. The second kappa shape index (κ2) is 6.10. The standard InChI is InChI=1S/C12H10BrFIN3O/c1-19-5-9-10(15)11(16)18-12(17-9)6-2-3-8(14)7(13)4-6/h2-4H,5H2,1H3,(H2,16,17,18). The highest BCUT2D eigenvalue weighted by Crippen LogP contribution is 2.26. The van der Waals surface area contributed by atoms with Gasteiger partial charge in [-0.3, -0.25) is 0 Å². The van der Waals surface area contributed by atoms with E-state index in [4.69, 9.17) is 10.5 Å². The lowest BCUT2D eigenvalue weighted by Crippen LogP contribution is -2.06. The first-order valence-electron chi connectivity index (χ1n) is 5.29. The van der Waals surface area contributed by atoms with E-state index < -0.39 is 0 Å². The highest BCUT2D eigenvalue weighted by molar-refractivity contribution is 14.1. The Morgan fingerprint density at radius 3 is 2.79 bits per heavy atom. The van der Waals surface area contributed by atoms with Crippen LogP contribution in [0.4, 0.5) is 10.2 Å². The Labute approximate surface area is 131 Å². The molecule has 19 heavy (non-hydrogen) atoms. The normalized spacial score (nSPS) is 10.7. The van der Waals surface area contributed by atoms with Gasteiger partial charge in [-0.1, -0.05) is 0 Å². The van der Waals surface area contributed by atoms with E-state index in [0.29, 0.717) is 34.0 Å². The number of ether oxygens (including phenoxy) is 1. The van der Waals surface area contributed by atoms with Crippen LogP contribution in [0.1, 0.15) is 5.69 Å². The molecule has 100 valence electrons. The summed E-state index contributed by atoms with van der Waals surface area (Å²) in [6, 6.07) is 4.58. The molecule has 0 atom stereocenters. The monoisotopic (exact) mass is 437 g/mol. The summed E-state index contributed by atoms with van der Waals surface area (Å²) >= 11 is 5.21. The van der Waals surface area contributed by atoms with E-state index in [2.05, 4.69) is 48.5 Å². The molecule has 7 heteroatoms. The number of anilines is 1. The first-order chi connectivity index (χ1) is 9.02. The molecule has 2 aromatic rings. The highest BCUT2D eigenvalue weighted by atomic mass is 127.